The number of rotatable bonds is 0. The topological polar surface area (TPSA) is 41.5 Å². The van der Waals surface area contributed by atoms with Gasteiger partial charge in [-0.1, -0.05) is 0 Å². The van der Waals surface area contributed by atoms with Crippen LogP contribution >= 0.6 is 0 Å². The molecule has 2 saturated heterocycles. The maximum absolute atomic E-state index is 9.26. The van der Waals surface area contributed by atoms with E-state index in [0.717, 1.165) is 13.0 Å². The Hall–Kier alpha value is -0.120. The standard InChI is InChI=1S/C6H11NO2/c8-6-1-4-2-9-3-5(6)7-4/h4-8H,1-3H2. The highest BCUT2D eigenvalue weighted by Crippen LogP contribution is 2.17. The van der Waals surface area contributed by atoms with E-state index < -0.39 is 0 Å². The van der Waals surface area contributed by atoms with E-state index in [4.69, 9.17) is 4.74 Å². The van der Waals surface area contributed by atoms with Gasteiger partial charge in [0.25, 0.3) is 0 Å². The molecule has 3 unspecified atom stereocenters. The van der Waals surface area contributed by atoms with Gasteiger partial charge in [-0.05, 0) is 6.42 Å². The van der Waals surface area contributed by atoms with Gasteiger partial charge in [0.05, 0.1) is 25.4 Å². The van der Waals surface area contributed by atoms with Crippen LogP contribution in [0.2, 0.25) is 0 Å². The van der Waals surface area contributed by atoms with Crippen molar-refractivity contribution in [3.63, 3.8) is 0 Å². The van der Waals surface area contributed by atoms with Crippen LogP contribution in [-0.2, 0) is 4.74 Å². The third kappa shape index (κ3) is 0.852. The van der Waals surface area contributed by atoms with E-state index in [-0.39, 0.29) is 12.1 Å². The minimum absolute atomic E-state index is 0.169. The number of hydrogen-bond donors (Lipinski definition) is 2. The molecule has 2 fully saturated rings. The summed E-state index contributed by atoms with van der Waals surface area (Å²) in [6, 6.07) is 0.627. The Morgan fingerprint density at radius 1 is 1.44 bits per heavy atom. The highest BCUT2D eigenvalue weighted by Gasteiger charge is 2.35. The lowest BCUT2D eigenvalue weighted by Crippen LogP contribution is -2.43. The molecule has 2 aliphatic rings. The lowest BCUT2D eigenvalue weighted by atomic mass is 10.2. The van der Waals surface area contributed by atoms with Crippen molar-refractivity contribution in [2.75, 3.05) is 13.2 Å². The Morgan fingerprint density at radius 3 is 3.00 bits per heavy atom. The molecule has 0 saturated carbocycles. The Labute approximate surface area is 54.0 Å². The molecule has 3 heteroatoms. The molecule has 9 heavy (non-hydrogen) atoms. The molecule has 2 heterocycles. The first kappa shape index (κ1) is 5.65. The highest BCUT2D eigenvalue weighted by molar-refractivity contribution is 4.93. The molecule has 0 aromatic carbocycles. The summed E-state index contributed by atoms with van der Waals surface area (Å²) in [7, 11) is 0. The van der Waals surface area contributed by atoms with E-state index in [1.165, 1.54) is 0 Å². The van der Waals surface area contributed by atoms with Crippen molar-refractivity contribution >= 4 is 0 Å². The Bertz CT molecular complexity index is 116. The third-order valence-electron chi connectivity index (χ3n) is 2.06. The minimum Gasteiger partial charge on any atom is -0.391 e. The fraction of sp³-hybridized carbons (Fsp3) is 1.00. The first-order chi connectivity index (χ1) is 4.36. The number of fused-ring (bicyclic) bond motifs is 2. The van der Waals surface area contributed by atoms with Crippen molar-refractivity contribution < 1.29 is 9.84 Å². The van der Waals surface area contributed by atoms with Crippen LogP contribution in [0.5, 0.6) is 0 Å². The quantitative estimate of drug-likeness (QED) is 0.446. The second kappa shape index (κ2) is 1.94. The highest BCUT2D eigenvalue weighted by atomic mass is 16.5. The van der Waals surface area contributed by atoms with Crippen LogP contribution < -0.4 is 5.32 Å². The van der Waals surface area contributed by atoms with Gasteiger partial charge in [-0.3, -0.25) is 0 Å². The summed E-state index contributed by atoms with van der Waals surface area (Å²) in [6.45, 7) is 1.45. The molecule has 0 aromatic rings. The number of aliphatic hydroxyl groups excluding tert-OH is 1. The van der Waals surface area contributed by atoms with E-state index >= 15 is 0 Å². The number of hydrogen-bond acceptors (Lipinski definition) is 3. The third-order valence-corrected chi connectivity index (χ3v) is 2.06. The zero-order chi connectivity index (χ0) is 6.27. The number of ether oxygens (including phenoxy) is 1. The van der Waals surface area contributed by atoms with Gasteiger partial charge in [0.1, 0.15) is 0 Å². The number of nitrogens with one attached hydrogen (secondary N) is 1. The summed E-state index contributed by atoms with van der Waals surface area (Å²) in [5.41, 5.74) is 0. The SMILES string of the molecule is OC1CC2COCC1N2. The summed E-state index contributed by atoms with van der Waals surface area (Å²) >= 11 is 0. The van der Waals surface area contributed by atoms with Gasteiger partial charge < -0.3 is 15.2 Å². The lowest BCUT2D eigenvalue weighted by Gasteiger charge is -2.21. The number of aliphatic hydroxyl groups is 1. The lowest BCUT2D eigenvalue weighted by molar-refractivity contribution is 0.0528. The molecule has 0 radical (unpaired) electrons. The Kier molecular flexibility index (Phi) is 1.22. The second-order valence-electron chi connectivity index (χ2n) is 2.81. The van der Waals surface area contributed by atoms with E-state index in [1.54, 1.807) is 0 Å². The predicted molar refractivity (Wildman–Crippen MR) is 32.2 cm³/mol. The summed E-state index contributed by atoms with van der Waals surface area (Å²) in [4.78, 5) is 0. The Morgan fingerprint density at radius 2 is 2.33 bits per heavy atom. The second-order valence-corrected chi connectivity index (χ2v) is 2.81. The van der Waals surface area contributed by atoms with Gasteiger partial charge in [0.2, 0.25) is 0 Å². The first-order valence-electron chi connectivity index (χ1n) is 3.38. The number of morpholine rings is 1. The smallest absolute Gasteiger partial charge is 0.0731 e. The van der Waals surface area contributed by atoms with E-state index in [1.807, 2.05) is 0 Å². The summed E-state index contributed by atoms with van der Waals surface area (Å²) in [6.07, 6.45) is 0.697. The maximum atomic E-state index is 9.26. The van der Waals surface area contributed by atoms with Gasteiger partial charge in [-0.15, -0.1) is 0 Å². The zero-order valence-electron chi connectivity index (χ0n) is 5.21. The largest absolute Gasteiger partial charge is 0.391 e. The first-order valence-corrected chi connectivity index (χ1v) is 3.38. The van der Waals surface area contributed by atoms with Crippen molar-refractivity contribution in [3.05, 3.63) is 0 Å². The molecule has 3 nitrogen and oxygen atoms in total. The molecule has 2 N–H and O–H groups in total. The van der Waals surface area contributed by atoms with Crippen molar-refractivity contribution in [1.82, 2.24) is 5.32 Å². The molecule has 2 bridgehead atoms. The van der Waals surface area contributed by atoms with Crippen molar-refractivity contribution in [2.24, 2.45) is 0 Å². The molecule has 2 rings (SSSR count). The molecule has 3 atom stereocenters. The van der Waals surface area contributed by atoms with Gasteiger partial charge in [-0.2, -0.15) is 0 Å². The van der Waals surface area contributed by atoms with Crippen molar-refractivity contribution in [2.45, 2.75) is 24.6 Å². The molecule has 52 valence electrons. The maximum Gasteiger partial charge on any atom is 0.0731 e. The molecule has 0 aromatic heterocycles. The fourth-order valence-electron chi connectivity index (χ4n) is 1.55. The van der Waals surface area contributed by atoms with E-state index in [9.17, 15) is 5.11 Å². The van der Waals surface area contributed by atoms with Crippen LogP contribution in [0.3, 0.4) is 0 Å². The monoisotopic (exact) mass is 129 g/mol. The van der Waals surface area contributed by atoms with Crippen molar-refractivity contribution in [1.29, 1.82) is 0 Å². The average molecular weight is 129 g/mol. The molecule has 0 aliphatic carbocycles. The van der Waals surface area contributed by atoms with Crippen LogP contribution in [0, 0.1) is 0 Å². The molecule has 0 spiro atoms. The molecule has 2 aliphatic heterocycles. The normalized spacial score (nSPS) is 49.7. The Balaban J connectivity index is 2.07. The van der Waals surface area contributed by atoms with Crippen LogP contribution in [0.25, 0.3) is 0 Å². The van der Waals surface area contributed by atoms with Gasteiger partial charge in [-0.25, -0.2) is 0 Å². The van der Waals surface area contributed by atoms with E-state index in [2.05, 4.69) is 5.32 Å². The summed E-state index contributed by atoms with van der Waals surface area (Å²) in [5.74, 6) is 0. The predicted octanol–water partition coefficient (Wildman–Crippen LogP) is -0.892. The molecule has 0 amide bonds. The molecular formula is C6H11NO2. The molecular weight excluding hydrogens is 118 g/mol. The van der Waals surface area contributed by atoms with Crippen LogP contribution in [0.4, 0.5) is 0 Å². The average Bonchev–Trinajstić information content (AvgIpc) is 2.09. The summed E-state index contributed by atoms with van der Waals surface area (Å²) in [5, 5.41) is 12.5. The van der Waals surface area contributed by atoms with Crippen molar-refractivity contribution in [3.8, 4) is 0 Å². The minimum atomic E-state index is -0.169. The zero-order valence-corrected chi connectivity index (χ0v) is 5.21. The fourth-order valence-corrected chi connectivity index (χ4v) is 1.55. The van der Waals surface area contributed by atoms with E-state index in [0.29, 0.717) is 12.6 Å². The van der Waals surface area contributed by atoms with Gasteiger partial charge in [0.15, 0.2) is 0 Å². The van der Waals surface area contributed by atoms with Crippen LogP contribution in [0.15, 0.2) is 0 Å². The van der Waals surface area contributed by atoms with Gasteiger partial charge in [0, 0.05) is 6.04 Å². The van der Waals surface area contributed by atoms with Gasteiger partial charge >= 0.3 is 0 Å². The van der Waals surface area contributed by atoms with Crippen LogP contribution in [-0.4, -0.2) is 36.5 Å². The summed E-state index contributed by atoms with van der Waals surface area (Å²) < 4.78 is 5.20. The van der Waals surface area contributed by atoms with Crippen LogP contribution in [0.1, 0.15) is 6.42 Å².